The van der Waals surface area contributed by atoms with Gasteiger partial charge in [0.25, 0.3) is 0 Å². The maximum atomic E-state index is 13.1. The highest BCUT2D eigenvalue weighted by molar-refractivity contribution is 8.27. The van der Waals surface area contributed by atoms with Crippen LogP contribution in [0.4, 0.5) is 5.69 Å². The summed E-state index contributed by atoms with van der Waals surface area (Å²) in [6.45, 7) is 4.34. The SMILES string of the molecule is CC(C)N1CC(=O)C(=C2SC=CS2)C(=O)c2cc3c(cc21)OCO3. The number of ketones is 2. The molecule has 0 atom stereocenters. The molecule has 0 spiro atoms. The summed E-state index contributed by atoms with van der Waals surface area (Å²) in [6, 6.07) is 3.59. The lowest BCUT2D eigenvalue weighted by Gasteiger charge is -2.28. The van der Waals surface area contributed by atoms with E-state index in [0.717, 1.165) is 9.92 Å². The number of carbonyl (C=O) groups excluding carboxylic acids is 2. The summed E-state index contributed by atoms with van der Waals surface area (Å²) in [5.41, 5.74) is 1.50. The van der Waals surface area contributed by atoms with E-state index < -0.39 is 0 Å². The molecular formula is C17H15NO4S2. The van der Waals surface area contributed by atoms with Crippen LogP contribution in [-0.2, 0) is 4.79 Å². The van der Waals surface area contributed by atoms with Gasteiger partial charge in [-0.2, -0.15) is 0 Å². The van der Waals surface area contributed by atoms with Crippen LogP contribution >= 0.6 is 23.5 Å². The van der Waals surface area contributed by atoms with E-state index in [-0.39, 0.29) is 36.5 Å². The Morgan fingerprint density at radius 2 is 1.75 bits per heavy atom. The van der Waals surface area contributed by atoms with Gasteiger partial charge >= 0.3 is 0 Å². The molecule has 0 bridgehead atoms. The fourth-order valence-electron chi connectivity index (χ4n) is 2.92. The Morgan fingerprint density at radius 1 is 1.08 bits per heavy atom. The largest absolute Gasteiger partial charge is 0.454 e. The van der Waals surface area contributed by atoms with Gasteiger partial charge in [-0.15, -0.1) is 0 Å². The van der Waals surface area contributed by atoms with E-state index in [4.69, 9.17) is 9.47 Å². The van der Waals surface area contributed by atoms with Crippen molar-refractivity contribution in [1.82, 2.24) is 0 Å². The molecule has 4 rings (SSSR count). The average molecular weight is 361 g/mol. The van der Waals surface area contributed by atoms with Gasteiger partial charge in [0.2, 0.25) is 12.6 Å². The van der Waals surface area contributed by atoms with Gasteiger partial charge in [-0.25, -0.2) is 0 Å². The first kappa shape index (κ1) is 15.7. The van der Waals surface area contributed by atoms with Crippen molar-refractivity contribution in [2.45, 2.75) is 19.9 Å². The number of carbonyl (C=O) groups is 2. The number of thioether (sulfide) groups is 2. The van der Waals surface area contributed by atoms with Crippen LogP contribution in [0, 0.1) is 0 Å². The van der Waals surface area contributed by atoms with Crippen LogP contribution in [0.5, 0.6) is 11.5 Å². The Bertz CT molecular complexity index is 803. The molecule has 0 unspecified atom stereocenters. The van der Waals surface area contributed by atoms with Crippen molar-refractivity contribution in [2.24, 2.45) is 0 Å². The second-order valence-electron chi connectivity index (χ2n) is 5.87. The van der Waals surface area contributed by atoms with Crippen LogP contribution in [0.25, 0.3) is 0 Å². The summed E-state index contributed by atoms with van der Waals surface area (Å²) >= 11 is 2.84. The lowest BCUT2D eigenvalue weighted by Crippen LogP contribution is -2.35. The molecule has 1 aromatic carbocycles. The number of hydrogen-bond acceptors (Lipinski definition) is 7. The van der Waals surface area contributed by atoms with E-state index in [9.17, 15) is 9.59 Å². The fraction of sp³-hybridized carbons (Fsp3) is 0.294. The molecule has 24 heavy (non-hydrogen) atoms. The van der Waals surface area contributed by atoms with Crippen LogP contribution in [0.15, 0.2) is 32.8 Å². The Kier molecular flexibility index (Phi) is 3.85. The van der Waals surface area contributed by atoms with Crippen molar-refractivity contribution in [3.8, 4) is 11.5 Å². The summed E-state index contributed by atoms with van der Waals surface area (Å²) in [5.74, 6) is 0.775. The van der Waals surface area contributed by atoms with E-state index in [1.54, 1.807) is 6.07 Å². The van der Waals surface area contributed by atoms with Gasteiger partial charge in [-0.1, -0.05) is 23.5 Å². The highest BCUT2D eigenvalue weighted by atomic mass is 32.2. The molecule has 0 fully saturated rings. The third kappa shape index (κ3) is 2.43. The number of hydrogen-bond donors (Lipinski definition) is 0. The summed E-state index contributed by atoms with van der Waals surface area (Å²) < 4.78 is 11.6. The Labute approximate surface area is 148 Å². The molecule has 0 aliphatic carbocycles. The second kappa shape index (κ2) is 5.89. The van der Waals surface area contributed by atoms with Gasteiger partial charge in [-0.3, -0.25) is 9.59 Å². The van der Waals surface area contributed by atoms with E-state index in [1.807, 2.05) is 35.6 Å². The van der Waals surface area contributed by atoms with E-state index in [2.05, 4.69) is 0 Å². The average Bonchev–Trinajstić information content (AvgIpc) is 3.20. The standard InChI is InChI=1S/C17H15NO4S2/c1-9(2)18-7-12(19)15(17-23-3-4-24-17)16(20)10-5-13-14(6-11(10)18)22-8-21-13/h3-6,9H,7-8H2,1-2H3. The number of nitrogens with zero attached hydrogens (tertiary/aromatic N) is 1. The quantitative estimate of drug-likeness (QED) is 0.560. The molecule has 0 radical (unpaired) electrons. The fourth-order valence-corrected chi connectivity index (χ4v) is 4.82. The zero-order valence-electron chi connectivity index (χ0n) is 13.2. The molecule has 124 valence electrons. The number of rotatable bonds is 1. The minimum Gasteiger partial charge on any atom is -0.454 e. The molecule has 0 amide bonds. The zero-order valence-corrected chi connectivity index (χ0v) is 14.8. The summed E-state index contributed by atoms with van der Waals surface area (Å²) in [5, 5.41) is 3.78. The first-order valence-electron chi connectivity index (χ1n) is 7.57. The lowest BCUT2D eigenvalue weighted by molar-refractivity contribution is -0.114. The molecular weight excluding hydrogens is 346 g/mol. The molecule has 0 N–H and O–H groups in total. The molecule has 3 heterocycles. The Hall–Kier alpha value is -1.86. The van der Waals surface area contributed by atoms with Crippen molar-refractivity contribution in [3.63, 3.8) is 0 Å². The van der Waals surface area contributed by atoms with Gasteiger partial charge in [0.1, 0.15) is 0 Å². The number of anilines is 1. The molecule has 0 saturated heterocycles. The highest BCUT2D eigenvalue weighted by Crippen LogP contribution is 2.45. The molecule has 0 aromatic heterocycles. The van der Waals surface area contributed by atoms with Gasteiger partial charge in [0.05, 0.1) is 27.6 Å². The highest BCUT2D eigenvalue weighted by Gasteiger charge is 2.35. The topological polar surface area (TPSA) is 55.8 Å². The van der Waals surface area contributed by atoms with Crippen LogP contribution in [0.2, 0.25) is 0 Å². The number of benzene rings is 1. The molecule has 5 nitrogen and oxygen atoms in total. The predicted molar refractivity (Wildman–Crippen MR) is 95.7 cm³/mol. The van der Waals surface area contributed by atoms with E-state index in [1.165, 1.54) is 23.5 Å². The second-order valence-corrected chi connectivity index (χ2v) is 7.96. The van der Waals surface area contributed by atoms with E-state index in [0.29, 0.717) is 17.1 Å². The Morgan fingerprint density at radius 3 is 2.42 bits per heavy atom. The third-order valence-corrected chi connectivity index (χ3v) is 6.23. The Balaban J connectivity index is 1.92. The number of fused-ring (bicyclic) bond motifs is 2. The van der Waals surface area contributed by atoms with Crippen molar-refractivity contribution >= 4 is 40.8 Å². The van der Waals surface area contributed by atoms with Gasteiger partial charge in [0.15, 0.2) is 17.3 Å². The molecule has 0 saturated carbocycles. The van der Waals surface area contributed by atoms with Crippen molar-refractivity contribution in [3.05, 3.63) is 38.3 Å². The summed E-state index contributed by atoms with van der Waals surface area (Å²) in [4.78, 5) is 27.9. The zero-order chi connectivity index (χ0) is 16.8. The van der Waals surface area contributed by atoms with Crippen LogP contribution in [-0.4, -0.2) is 30.9 Å². The molecule has 7 heteroatoms. The first-order valence-corrected chi connectivity index (χ1v) is 9.33. The minimum absolute atomic E-state index is 0.0761. The predicted octanol–water partition coefficient (Wildman–Crippen LogP) is 3.56. The van der Waals surface area contributed by atoms with Crippen molar-refractivity contribution < 1.29 is 19.1 Å². The first-order chi connectivity index (χ1) is 11.6. The van der Waals surface area contributed by atoms with Gasteiger partial charge < -0.3 is 14.4 Å². The lowest BCUT2D eigenvalue weighted by atomic mass is 10.0. The summed E-state index contributed by atoms with van der Waals surface area (Å²) in [7, 11) is 0. The van der Waals surface area contributed by atoms with E-state index >= 15 is 0 Å². The number of Topliss-reactive ketones (excluding diaryl/α,β-unsaturated/α-hetero) is 2. The molecule has 3 aliphatic rings. The number of ether oxygens (including phenoxy) is 2. The maximum Gasteiger partial charge on any atom is 0.231 e. The van der Waals surface area contributed by atoms with Crippen molar-refractivity contribution in [2.75, 3.05) is 18.2 Å². The van der Waals surface area contributed by atoms with Crippen LogP contribution < -0.4 is 14.4 Å². The van der Waals surface area contributed by atoms with Crippen molar-refractivity contribution in [1.29, 1.82) is 0 Å². The minimum atomic E-state index is -0.241. The normalized spacial score (nSPS) is 19.4. The van der Waals surface area contributed by atoms with Gasteiger partial charge in [0, 0.05) is 12.1 Å². The monoisotopic (exact) mass is 361 g/mol. The molecule has 3 aliphatic heterocycles. The van der Waals surface area contributed by atoms with Gasteiger partial charge in [-0.05, 0) is 30.7 Å². The molecule has 1 aromatic rings. The third-order valence-electron chi connectivity index (χ3n) is 4.10. The maximum absolute atomic E-state index is 13.1. The van der Waals surface area contributed by atoms with Crippen LogP contribution in [0.1, 0.15) is 24.2 Å². The summed E-state index contributed by atoms with van der Waals surface area (Å²) in [6.07, 6.45) is 0. The smallest absolute Gasteiger partial charge is 0.231 e. The van der Waals surface area contributed by atoms with Crippen LogP contribution in [0.3, 0.4) is 0 Å².